The van der Waals surface area contributed by atoms with Crippen LogP contribution >= 0.6 is 27.7 Å². The molecule has 2 aromatic heterocycles. The van der Waals surface area contributed by atoms with Gasteiger partial charge >= 0.3 is 0 Å². The number of thioether (sulfide) groups is 1. The van der Waals surface area contributed by atoms with Gasteiger partial charge in [-0.05, 0) is 30.3 Å². The zero-order valence-electron chi connectivity index (χ0n) is 15.2. The molecule has 29 heavy (non-hydrogen) atoms. The van der Waals surface area contributed by atoms with Crippen LogP contribution in [0.15, 0.2) is 69.5 Å². The number of nitrogens with zero attached hydrogens (tertiary/aromatic N) is 4. The smallest absolute Gasteiger partial charge is 0.258 e. The number of allylic oxidation sites excluding steroid dienone is 1. The number of para-hydroxylation sites is 1. The molecule has 0 aliphatic rings. The average molecular weight is 470 g/mol. The van der Waals surface area contributed by atoms with E-state index in [1.807, 2.05) is 22.8 Å². The molecule has 0 amide bonds. The van der Waals surface area contributed by atoms with Crippen LogP contribution in [0.4, 0.5) is 0 Å². The van der Waals surface area contributed by atoms with Gasteiger partial charge in [0.05, 0.1) is 22.2 Å². The summed E-state index contributed by atoms with van der Waals surface area (Å²) in [5.74, 6) is 1.62. The van der Waals surface area contributed by atoms with Crippen LogP contribution in [-0.2, 0) is 12.3 Å². The van der Waals surface area contributed by atoms with Gasteiger partial charge in [-0.1, -0.05) is 45.9 Å². The number of benzene rings is 2. The number of rotatable bonds is 6. The molecule has 2 aromatic carbocycles. The lowest BCUT2D eigenvalue weighted by molar-refractivity contribution is 0.476. The van der Waals surface area contributed by atoms with Gasteiger partial charge in [-0.2, -0.15) is 0 Å². The molecule has 146 valence electrons. The topological polar surface area (TPSA) is 96.7 Å². The van der Waals surface area contributed by atoms with Crippen LogP contribution in [0.5, 0.6) is 5.75 Å². The van der Waals surface area contributed by atoms with E-state index < -0.39 is 0 Å². The third-order valence-corrected chi connectivity index (χ3v) is 5.70. The maximum atomic E-state index is 12.3. The lowest BCUT2D eigenvalue weighted by Gasteiger charge is -2.09. The van der Waals surface area contributed by atoms with Crippen molar-refractivity contribution in [3.63, 3.8) is 0 Å². The standard InChI is InChI=1S/C20H16BrN5O2S/c1-2-9-26-18(14-10-12(21)7-8-16(14)27)24-25-20(26)29-11-17-22-15-6-4-3-5-13(15)19(28)23-17/h2-8,10,27H,1,9,11H2,(H,22,23,28). The molecular weight excluding hydrogens is 454 g/mol. The van der Waals surface area contributed by atoms with Gasteiger partial charge in [0, 0.05) is 11.0 Å². The first kappa shape index (κ1) is 19.4. The fourth-order valence-electron chi connectivity index (χ4n) is 2.91. The Hall–Kier alpha value is -2.91. The number of nitrogens with one attached hydrogen (secondary N) is 1. The van der Waals surface area contributed by atoms with E-state index in [1.165, 1.54) is 11.8 Å². The minimum Gasteiger partial charge on any atom is -0.507 e. The van der Waals surface area contributed by atoms with Crippen molar-refractivity contribution < 1.29 is 5.11 Å². The fraction of sp³-hybridized carbons (Fsp3) is 0.100. The largest absolute Gasteiger partial charge is 0.507 e. The number of aromatic nitrogens is 5. The zero-order valence-corrected chi connectivity index (χ0v) is 17.6. The van der Waals surface area contributed by atoms with Crippen LogP contribution in [0, 0.1) is 0 Å². The number of phenols is 1. The molecule has 0 aliphatic heterocycles. The first-order valence-electron chi connectivity index (χ1n) is 8.70. The van der Waals surface area contributed by atoms with E-state index in [1.54, 1.807) is 30.3 Å². The van der Waals surface area contributed by atoms with Crippen LogP contribution < -0.4 is 5.56 Å². The van der Waals surface area contributed by atoms with Crippen LogP contribution in [0.2, 0.25) is 0 Å². The monoisotopic (exact) mass is 469 g/mol. The Morgan fingerprint density at radius 2 is 2.07 bits per heavy atom. The summed E-state index contributed by atoms with van der Waals surface area (Å²) in [7, 11) is 0. The number of phenolic OH excluding ortho intramolecular Hbond substituents is 1. The van der Waals surface area contributed by atoms with Gasteiger partial charge in [-0.3, -0.25) is 9.36 Å². The highest BCUT2D eigenvalue weighted by Crippen LogP contribution is 2.33. The lowest BCUT2D eigenvalue weighted by Crippen LogP contribution is -2.11. The Morgan fingerprint density at radius 3 is 2.90 bits per heavy atom. The van der Waals surface area contributed by atoms with E-state index in [9.17, 15) is 9.90 Å². The van der Waals surface area contributed by atoms with E-state index in [-0.39, 0.29) is 11.3 Å². The summed E-state index contributed by atoms with van der Waals surface area (Å²) in [4.78, 5) is 19.6. The van der Waals surface area contributed by atoms with Gasteiger partial charge in [0.1, 0.15) is 11.6 Å². The summed E-state index contributed by atoms with van der Waals surface area (Å²) >= 11 is 4.81. The van der Waals surface area contributed by atoms with E-state index in [0.29, 0.717) is 45.6 Å². The quantitative estimate of drug-likeness (QED) is 0.325. The zero-order chi connectivity index (χ0) is 20.4. The molecule has 7 nitrogen and oxygen atoms in total. The molecule has 0 radical (unpaired) electrons. The van der Waals surface area contributed by atoms with Gasteiger partial charge in [-0.25, -0.2) is 4.98 Å². The predicted octanol–water partition coefficient (Wildman–Crippen LogP) is 4.13. The highest BCUT2D eigenvalue weighted by molar-refractivity contribution is 9.10. The fourth-order valence-corrected chi connectivity index (χ4v) is 4.09. The maximum Gasteiger partial charge on any atom is 0.258 e. The van der Waals surface area contributed by atoms with Crippen molar-refractivity contribution in [1.82, 2.24) is 24.7 Å². The first-order chi connectivity index (χ1) is 14.1. The molecule has 0 aliphatic carbocycles. The number of aromatic hydroxyl groups is 1. The molecular formula is C20H16BrN5O2S. The molecule has 4 aromatic rings. The van der Waals surface area contributed by atoms with E-state index in [0.717, 1.165) is 4.47 Å². The number of halogens is 1. The minimum absolute atomic E-state index is 0.114. The normalized spacial score (nSPS) is 11.1. The van der Waals surface area contributed by atoms with Crippen molar-refractivity contribution in [1.29, 1.82) is 0 Å². The second-order valence-electron chi connectivity index (χ2n) is 6.19. The predicted molar refractivity (Wildman–Crippen MR) is 117 cm³/mol. The Bertz CT molecular complexity index is 1270. The van der Waals surface area contributed by atoms with Gasteiger partial charge in [0.2, 0.25) is 0 Å². The summed E-state index contributed by atoms with van der Waals surface area (Å²) in [6.45, 7) is 4.27. The molecule has 0 spiro atoms. The van der Waals surface area contributed by atoms with Gasteiger partial charge in [0.25, 0.3) is 5.56 Å². The minimum atomic E-state index is -0.168. The highest BCUT2D eigenvalue weighted by Gasteiger charge is 2.17. The van der Waals surface area contributed by atoms with Gasteiger partial charge in [-0.15, -0.1) is 16.8 Å². The maximum absolute atomic E-state index is 12.3. The van der Waals surface area contributed by atoms with Crippen LogP contribution in [-0.4, -0.2) is 29.8 Å². The summed E-state index contributed by atoms with van der Waals surface area (Å²) < 4.78 is 2.68. The lowest BCUT2D eigenvalue weighted by atomic mass is 10.2. The van der Waals surface area contributed by atoms with Crippen molar-refractivity contribution in [2.75, 3.05) is 0 Å². The van der Waals surface area contributed by atoms with Crippen molar-refractivity contribution in [3.8, 4) is 17.1 Å². The first-order valence-corrected chi connectivity index (χ1v) is 10.5. The molecule has 2 N–H and O–H groups in total. The number of aromatic amines is 1. The Balaban J connectivity index is 1.66. The molecule has 0 fully saturated rings. The molecule has 4 rings (SSSR count). The molecule has 0 saturated heterocycles. The molecule has 0 saturated carbocycles. The molecule has 0 bridgehead atoms. The van der Waals surface area contributed by atoms with Crippen molar-refractivity contribution in [3.05, 3.63) is 75.8 Å². The Morgan fingerprint density at radius 1 is 1.24 bits per heavy atom. The number of fused-ring (bicyclic) bond motifs is 1. The van der Waals surface area contributed by atoms with Crippen LogP contribution in [0.1, 0.15) is 5.82 Å². The summed E-state index contributed by atoms with van der Waals surface area (Å²) in [5, 5.41) is 20.0. The van der Waals surface area contributed by atoms with Crippen LogP contribution in [0.3, 0.4) is 0 Å². The van der Waals surface area contributed by atoms with E-state index in [2.05, 4.69) is 42.7 Å². The highest BCUT2D eigenvalue weighted by atomic mass is 79.9. The third kappa shape index (κ3) is 3.96. The van der Waals surface area contributed by atoms with Gasteiger partial charge < -0.3 is 10.1 Å². The Labute approximate surface area is 178 Å². The van der Waals surface area contributed by atoms with Crippen molar-refractivity contribution in [2.45, 2.75) is 17.5 Å². The molecule has 2 heterocycles. The second-order valence-corrected chi connectivity index (χ2v) is 8.04. The van der Waals surface area contributed by atoms with E-state index >= 15 is 0 Å². The molecule has 0 unspecified atom stereocenters. The summed E-state index contributed by atoms with van der Waals surface area (Å²) in [6.07, 6.45) is 1.74. The number of H-pyrrole nitrogens is 1. The Kier molecular flexibility index (Phi) is 5.50. The van der Waals surface area contributed by atoms with Crippen LogP contribution in [0.25, 0.3) is 22.3 Å². The SMILES string of the molecule is C=CCn1c(SCc2nc3ccccc3c(=O)[nH]2)nnc1-c1cc(Br)ccc1O. The van der Waals surface area contributed by atoms with E-state index in [4.69, 9.17) is 0 Å². The average Bonchev–Trinajstić information content (AvgIpc) is 3.11. The number of hydrogen-bond donors (Lipinski definition) is 2. The summed E-state index contributed by atoms with van der Waals surface area (Å²) in [6, 6.07) is 12.4. The summed E-state index contributed by atoms with van der Waals surface area (Å²) in [5.41, 5.74) is 1.05. The van der Waals surface area contributed by atoms with Gasteiger partial charge in [0.15, 0.2) is 11.0 Å². The second kappa shape index (κ2) is 8.22. The van der Waals surface area contributed by atoms with Crippen molar-refractivity contribution >= 4 is 38.6 Å². The third-order valence-electron chi connectivity index (χ3n) is 4.23. The molecule has 0 atom stereocenters. The van der Waals surface area contributed by atoms with Crippen molar-refractivity contribution in [2.24, 2.45) is 0 Å². The molecule has 9 heteroatoms. The number of hydrogen-bond acceptors (Lipinski definition) is 6.